The van der Waals surface area contributed by atoms with Gasteiger partial charge in [0.05, 0.1) is 11.4 Å². The van der Waals surface area contributed by atoms with E-state index in [2.05, 4.69) is 5.32 Å². The Morgan fingerprint density at radius 2 is 1.93 bits per heavy atom. The predicted octanol–water partition coefficient (Wildman–Crippen LogP) is 1.74. The molecule has 3 nitrogen and oxygen atoms in total. The van der Waals surface area contributed by atoms with Crippen LogP contribution in [0, 0.1) is 11.6 Å². The first-order chi connectivity index (χ1) is 7.00. The highest BCUT2D eigenvalue weighted by atomic mass is 19.2. The predicted molar refractivity (Wildman–Crippen MR) is 52.9 cm³/mol. The van der Waals surface area contributed by atoms with Crippen LogP contribution in [0.4, 0.5) is 20.2 Å². The van der Waals surface area contributed by atoms with Crippen LogP contribution in [0.15, 0.2) is 12.1 Å². The number of hydrogen-bond acceptors (Lipinski definition) is 2. The first-order valence-corrected chi connectivity index (χ1v) is 4.54. The van der Waals surface area contributed by atoms with Crippen molar-refractivity contribution < 1.29 is 13.6 Å². The lowest BCUT2D eigenvalue weighted by molar-refractivity contribution is -0.118. The molecule has 1 aliphatic rings. The fourth-order valence-electron chi connectivity index (χ4n) is 1.63. The van der Waals surface area contributed by atoms with Gasteiger partial charge in [-0.15, -0.1) is 0 Å². The van der Waals surface area contributed by atoms with Gasteiger partial charge in [-0.2, -0.15) is 0 Å². The highest BCUT2D eigenvalue weighted by Crippen LogP contribution is 2.32. The number of anilines is 2. The van der Waals surface area contributed by atoms with E-state index < -0.39 is 17.7 Å². The minimum atomic E-state index is -0.954. The number of amides is 1. The smallest absolute Gasteiger partial charge is 0.248 e. The molecule has 0 spiro atoms. The van der Waals surface area contributed by atoms with Gasteiger partial charge in [-0.3, -0.25) is 4.79 Å². The van der Waals surface area contributed by atoms with Gasteiger partial charge in [0.25, 0.3) is 0 Å². The van der Waals surface area contributed by atoms with Crippen LogP contribution in [-0.2, 0) is 4.79 Å². The van der Waals surface area contributed by atoms with Gasteiger partial charge in [0.2, 0.25) is 5.91 Å². The molecule has 1 amide bonds. The Bertz CT molecular complexity index is 434. The molecule has 80 valence electrons. The van der Waals surface area contributed by atoms with E-state index in [1.807, 2.05) is 0 Å². The van der Waals surface area contributed by atoms with Crippen molar-refractivity contribution in [2.24, 2.45) is 0 Å². The van der Waals surface area contributed by atoms with Crippen LogP contribution in [0.2, 0.25) is 0 Å². The molecule has 0 fully saturated rings. The Morgan fingerprint density at radius 1 is 1.33 bits per heavy atom. The normalized spacial score (nSPS) is 19.9. The van der Waals surface area contributed by atoms with Crippen molar-refractivity contribution in [3.05, 3.63) is 23.8 Å². The van der Waals surface area contributed by atoms with E-state index in [9.17, 15) is 13.6 Å². The average molecular weight is 212 g/mol. The molecule has 0 aromatic heterocycles. The van der Waals surface area contributed by atoms with Gasteiger partial charge in [-0.05, 0) is 6.92 Å². The fourth-order valence-corrected chi connectivity index (χ4v) is 1.63. The molecule has 0 saturated carbocycles. The molecule has 1 aliphatic heterocycles. The summed E-state index contributed by atoms with van der Waals surface area (Å²) in [5.41, 5.74) is 0.792. The summed E-state index contributed by atoms with van der Waals surface area (Å²) in [5, 5.41) is 2.81. The summed E-state index contributed by atoms with van der Waals surface area (Å²) < 4.78 is 25.9. The van der Waals surface area contributed by atoms with Gasteiger partial charge in [-0.1, -0.05) is 0 Å². The van der Waals surface area contributed by atoms with Crippen LogP contribution < -0.4 is 10.2 Å². The average Bonchev–Trinajstić information content (AvgIpc) is 2.19. The Kier molecular flexibility index (Phi) is 2.10. The lowest BCUT2D eigenvalue weighted by atomic mass is 10.1. The Labute approximate surface area is 85.7 Å². The molecule has 15 heavy (non-hydrogen) atoms. The molecule has 1 unspecified atom stereocenters. The molecule has 1 heterocycles. The summed E-state index contributed by atoms with van der Waals surface area (Å²) in [5.74, 6) is -2.05. The molecular weight excluding hydrogens is 202 g/mol. The first kappa shape index (κ1) is 9.89. The lowest BCUT2D eigenvalue weighted by Gasteiger charge is -2.31. The largest absolute Gasteiger partial charge is 0.372 e. The first-order valence-electron chi connectivity index (χ1n) is 4.54. The van der Waals surface area contributed by atoms with Crippen LogP contribution in [-0.4, -0.2) is 19.0 Å². The topological polar surface area (TPSA) is 32.3 Å². The number of carbonyl (C=O) groups excluding carboxylic acids is 1. The number of rotatable bonds is 0. The van der Waals surface area contributed by atoms with Crippen molar-refractivity contribution in [3.63, 3.8) is 0 Å². The van der Waals surface area contributed by atoms with Crippen molar-refractivity contribution in [2.45, 2.75) is 13.0 Å². The Morgan fingerprint density at radius 3 is 2.60 bits per heavy atom. The van der Waals surface area contributed by atoms with Gasteiger partial charge >= 0.3 is 0 Å². The lowest BCUT2D eigenvalue weighted by Crippen LogP contribution is -2.43. The second-order valence-electron chi connectivity index (χ2n) is 3.55. The second kappa shape index (κ2) is 3.18. The SMILES string of the molecule is CC1Nc2cc(F)c(F)cc2N(C)C1=O. The Balaban J connectivity index is 2.56. The molecule has 1 aromatic carbocycles. The molecule has 1 atom stereocenters. The molecular formula is C10H10F2N2O. The number of likely N-dealkylation sites (N-methyl/N-ethyl adjacent to an activating group) is 1. The zero-order valence-corrected chi connectivity index (χ0v) is 8.34. The van der Waals surface area contributed by atoms with Gasteiger partial charge in [0, 0.05) is 19.2 Å². The third-order valence-corrected chi connectivity index (χ3v) is 2.47. The van der Waals surface area contributed by atoms with Crippen LogP contribution in [0.3, 0.4) is 0 Å². The highest BCUT2D eigenvalue weighted by molar-refractivity contribution is 6.04. The van der Waals surface area contributed by atoms with Crippen LogP contribution in [0.25, 0.3) is 0 Å². The quantitative estimate of drug-likeness (QED) is 0.710. The minimum Gasteiger partial charge on any atom is -0.372 e. The van der Waals surface area contributed by atoms with Gasteiger partial charge in [-0.25, -0.2) is 8.78 Å². The number of benzene rings is 1. The summed E-state index contributed by atoms with van der Waals surface area (Å²) in [6, 6.07) is 1.65. The van der Waals surface area contributed by atoms with Crippen molar-refractivity contribution in [1.82, 2.24) is 0 Å². The number of fused-ring (bicyclic) bond motifs is 1. The van der Waals surface area contributed by atoms with Gasteiger partial charge in [0.15, 0.2) is 11.6 Å². The minimum absolute atomic E-state index is 0.173. The van der Waals surface area contributed by atoms with Crippen molar-refractivity contribution in [2.75, 3.05) is 17.3 Å². The van der Waals surface area contributed by atoms with Crippen LogP contribution in [0.1, 0.15) is 6.92 Å². The fraction of sp³-hybridized carbons (Fsp3) is 0.300. The third kappa shape index (κ3) is 1.44. The summed E-state index contributed by atoms with van der Waals surface area (Å²) >= 11 is 0. The zero-order chi connectivity index (χ0) is 11.2. The summed E-state index contributed by atoms with van der Waals surface area (Å²) in [4.78, 5) is 12.8. The number of carbonyl (C=O) groups is 1. The summed E-state index contributed by atoms with van der Waals surface area (Å²) in [6.07, 6.45) is 0. The van der Waals surface area contributed by atoms with Crippen LogP contribution in [0.5, 0.6) is 0 Å². The standard InChI is InChI=1S/C10H10F2N2O/c1-5-10(15)14(2)9-4-7(12)6(11)3-8(9)13-5/h3-5,13H,1-2H3. The van der Waals surface area contributed by atoms with E-state index in [0.29, 0.717) is 11.4 Å². The molecule has 1 aromatic rings. The van der Waals surface area contributed by atoms with E-state index in [1.165, 1.54) is 11.9 Å². The molecule has 0 radical (unpaired) electrons. The number of nitrogens with one attached hydrogen (secondary N) is 1. The van der Waals surface area contributed by atoms with E-state index in [4.69, 9.17) is 0 Å². The van der Waals surface area contributed by atoms with Gasteiger partial charge < -0.3 is 10.2 Å². The molecule has 0 aliphatic carbocycles. The third-order valence-electron chi connectivity index (χ3n) is 2.47. The Hall–Kier alpha value is -1.65. The number of halogens is 2. The van der Waals surface area contributed by atoms with E-state index in [0.717, 1.165) is 12.1 Å². The monoisotopic (exact) mass is 212 g/mol. The van der Waals surface area contributed by atoms with Gasteiger partial charge in [0.1, 0.15) is 6.04 Å². The van der Waals surface area contributed by atoms with E-state index in [1.54, 1.807) is 6.92 Å². The molecule has 0 saturated heterocycles. The summed E-state index contributed by atoms with van der Waals surface area (Å²) in [6.45, 7) is 1.67. The number of hydrogen-bond donors (Lipinski definition) is 1. The molecule has 1 N–H and O–H groups in total. The van der Waals surface area contributed by atoms with Crippen molar-refractivity contribution >= 4 is 17.3 Å². The molecule has 0 bridgehead atoms. The molecule has 5 heteroatoms. The van der Waals surface area contributed by atoms with E-state index in [-0.39, 0.29) is 5.91 Å². The summed E-state index contributed by atoms with van der Waals surface area (Å²) in [7, 11) is 1.54. The molecule has 2 rings (SSSR count). The second-order valence-corrected chi connectivity index (χ2v) is 3.55. The van der Waals surface area contributed by atoms with E-state index >= 15 is 0 Å². The van der Waals surface area contributed by atoms with Crippen LogP contribution >= 0.6 is 0 Å². The van der Waals surface area contributed by atoms with Crippen molar-refractivity contribution in [3.8, 4) is 0 Å². The zero-order valence-electron chi connectivity index (χ0n) is 8.34. The maximum absolute atomic E-state index is 13.0. The van der Waals surface area contributed by atoms with Crippen molar-refractivity contribution in [1.29, 1.82) is 0 Å². The maximum Gasteiger partial charge on any atom is 0.248 e. The maximum atomic E-state index is 13.0. The highest BCUT2D eigenvalue weighted by Gasteiger charge is 2.27. The number of nitrogens with zero attached hydrogens (tertiary/aromatic N) is 1.